The van der Waals surface area contributed by atoms with Crippen molar-refractivity contribution in [2.24, 2.45) is 0 Å². The first-order valence-electron chi connectivity index (χ1n) is 33.6. The first kappa shape index (κ1) is 58.4. The maximum Gasteiger partial charge on any atom is 0.1000 e. The number of allylic oxidation sites excluding steroid dienone is 2. The van der Waals surface area contributed by atoms with E-state index in [4.69, 9.17) is 5.32 Å². The Labute approximate surface area is 564 Å². The molecule has 464 valence electrons. The minimum Gasteiger partial charge on any atom is -0.673 e. The van der Waals surface area contributed by atoms with Crippen molar-refractivity contribution in [3.63, 3.8) is 0 Å². The Hall–Kier alpha value is -11.4. The third-order valence-electron chi connectivity index (χ3n) is 21.7. The molecular weight excluding hydrogens is 1170 g/mol. The molecule has 0 bridgehead atoms. The fourth-order valence-corrected chi connectivity index (χ4v) is 16.7. The smallest absolute Gasteiger partial charge is 0.1000 e. The molecule has 17 rings (SSSR count). The lowest BCUT2D eigenvalue weighted by Crippen LogP contribution is -2.30. The Morgan fingerprint density at radius 3 is 0.771 bits per heavy atom. The van der Waals surface area contributed by atoms with Crippen LogP contribution in [-0.4, -0.2) is 0 Å². The van der Waals surface area contributed by atoms with Gasteiger partial charge in [-0.05, 0) is 169 Å². The number of anilines is 12. The minimum atomic E-state index is -0.595. The summed E-state index contributed by atoms with van der Waals surface area (Å²) in [6.07, 6.45) is 0. The topological polar surface area (TPSA) is 50.9 Å². The van der Waals surface area contributed by atoms with Crippen molar-refractivity contribution in [3.8, 4) is 6.07 Å². The van der Waals surface area contributed by atoms with Crippen molar-refractivity contribution in [2.45, 2.75) is 83.1 Å². The third kappa shape index (κ3) is 8.76. The molecule has 0 fully saturated rings. The van der Waals surface area contributed by atoms with Gasteiger partial charge in [0.05, 0.1) is 57.1 Å². The van der Waals surface area contributed by atoms with Crippen LogP contribution in [0.4, 0.5) is 68.2 Å². The van der Waals surface area contributed by atoms with E-state index in [0.717, 1.165) is 107 Å². The molecular formula is C90H73N6-. The second-order valence-electron chi connectivity index (χ2n) is 28.4. The van der Waals surface area contributed by atoms with Gasteiger partial charge in [-0.25, -0.2) is 0 Å². The highest BCUT2D eigenvalue weighted by Crippen LogP contribution is 2.59. The molecule has 0 spiro atoms. The fourth-order valence-electron chi connectivity index (χ4n) is 16.7. The van der Waals surface area contributed by atoms with E-state index in [9.17, 15) is 5.26 Å². The maximum absolute atomic E-state index is 12.4. The van der Waals surface area contributed by atoms with Crippen LogP contribution < -0.4 is 19.6 Å². The summed E-state index contributed by atoms with van der Waals surface area (Å²) in [5.74, 6) is 0. The van der Waals surface area contributed by atoms with Gasteiger partial charge in [-0.1, -0.05) is 261 Å². The Kier molecular flexibility index (Phi) is 13.3. The summed E-state index contributed by atoms with van der Waals surface area (Å²) in [4.78, 5) is 9.60. The highest BCUT2D eigenvalue weighted by Gasteiger charge is 2.41. The van der Waals surface area contributed by atoms with Gasteiger partial charge in [-0.15, -0.1) is 5.70 Å². The number of hydrogen-bond donors (Lipinski definition) is 0. The molecule has 0 radical (unpaired) electrons. The number of fused-ring (bicyclic) bond motifs is 8. The molecule has 1 unspecified atom stereocenters. The van der Waals surface area contributed by atoms with Crippen molar-refractivity contribution >= 4 is 85.1 Å². The molecule has 0 aromatic heterocycles. The molecule has 5 aliphatic heterocycles. The largest absolute Gasteiger partial charge is 0.673 e. The molecule has 0 aliphatic carbocycles. The van der Waals surface area contributed by atoms with Crippen LogP contribution in [0.2, 0.25) is 0 Å². The van der Waals surface area contributed by atoms with E-state index in [0.29, 0.717) is 5.57 Å². The van der Waals surface area contributed by atoms with E-state index in [1.54, 1.807) is 0 Å². The quantitative estimate of drug-likeness (QED) is 0.152. The zero-order valence-corrected chi connectivity index (χ0v) is 55.5. The summed E-state index contributed by atoms with van der Waals surface area (Å²) in [7, 11) is 0. The number of benzene rings is 12. The van der Waals surface area contributed by atoms with Gasteiger partial charge < -0.3 is 24.9 Å². The molecule has 12 aromatic carbocycles. The zero-order valence-electron chi connectivity index (χ0n) is 55.5. The first-order valence-corrected chi connectivity index (χ1v) is 33.6. The summed E-state index contributed by atoms with van der Waals surface area (Å²) < 4.78 is 0. The molecule has 5 aliphatic rings. The number of hydrogen-bond acceptors (Lipinski definition) is 5. The average Bonchev–Trinajstić information content (AvgIpc) is 0.751. The predicted molar refractivity (Wildman–Crippen MR) is 398 cm³/mol. The molecule has 0 amide bonds. The van der Waals surface area contributed by atoms with Crippen molar-refractivity contribution in [2.75, 3.05) is 19.6 Å². The van der Waals surface area contributed by atoms with Crippen LogP contribution in [0.5, 0.6) is 0 Å². The van der Waals surface area contributed by atoms with E-state index < -0.39 is 6.04 Å². The van der Waals surface area contributed by atoms with Crippen LogP contribution in [0.25, 0.3) is 22.2 Å². The molecule has 5 heterocycles. The van der Waals surface area contributed by atoms with E-state index in [-0.39, 0.29) is 21.7 Å². The van der Waals surface area contributed by atoms with Gasteiger partial charge in [0.25, 0.3) is 0 Å². The summed E-state index contributed by atoms with van der Waals surface area (Å²) in [6.45, 7) is 18.6. The molecule has 96 heavy (non-hydrogen) atoms. The average molecular weight is 1240 g/mol. The lowest BCUT2D eigenvalue weighted by atomic mass is 9.73. The molecule has 1 atom stereocenters. The van der Waals surface area contributed by atoms with Crippen LogP contribution in [0.1, 0.15) is 128 Å². The second-order valence-corrected chi connectivity index (χ2v) is 28.4. The SMILES string of the molecule is CC1(C)c2ccccc2N(c2ccc(C3=C(c4ccc(N5c6ccccc6C(C)(C)c6ccccc65)cc4)C(C#N)=C(c4ccc(N5c6ccccc6C(C)(C)c6ccccc65)cc4)C(c4ccc(N5c6ccccc6C(C)(C)c6ccccc65)cc4)[N-]3)cc2)c2ccccc21. The predicted octanol–water partition coefficient (Wildman–Crippen LogP) is 24.1. The molecule has 6 nitrogen and oxygen atoms in total. The standard InChI is InChI=1S/C90H73N6/c1-87(2)67-25-9-17-33-75(67)93(76-34-18-10-26-68(76)87)62-49-41-58(42-50-62)83-66(57-91)84(59-43-51-63(52-44-59)94-77-35-19-11-27-69(77)88(3,4)70-28-12-20-36-78(70)94)86(61-47-55-65(56-48-61)96-81-39-23-15-31-73(81)90(7,8)74-32-16-24-40-82(74)96)92-85(83)60-45-53-64(54-46-60)95-79-37-21-13-29-71(79)89(5,6)72-30-14-22-38-80(72)95/h9-56,85H,1-8H3/q-1. The number of nitrogens with zero attached hydrogens (tertiary/aromatic N) is 6. The van der Waals surface area contributed by atoms with Gasteiger partial charge >= 0.3 is 0 Å². The van der Waals surface area contributed by atoms with E-state index >= 15 is 0 Å². The fraction of sp³-hybridized carbons (Fsp3) is 0.144. The Balaban J connectivity index is 0.862. The summed E-state index contributed by atoms with van der Waals surface area (Å²) in [5, 5.41) is 18.5. The number of para-hydroxylation sites is 8. The van der Waals surface area contributed by atoms with Gasteiger partial charge in [0.1, 0.15) is 0 Å². The van der Waals surface area contributed by atoms with Crippen LogP contribution in [0, 0.1) is 11.3 Å². The lowest BCUT2D eigenvalue weighted by Gasteiger charge is -2.45. The van der Waals surface area contributed by atoms with Gasteiger partial charge in [0.15, 0.2) is 0 Å². The van der Waals surface area contributed by atoms with Gasteiger partial charge in [0.2, 0.25) is 0 Å². The second kappa shape index (κ2) is 21.8. The molecule has 12 aromatic rings. The Morgan fingerprint density at radius 1 is 0.281 bits per heavy atom. The van der Waals surface area contributed by atoms with Crippen LogP contribution in [-0.2, 0) is 21.7 Å². The molecule has 0 saturated heterocycles. The van der Waals surface area contributed by atoms with E-state index in [1.165, 1.54) is 44.5 Å². The van der Waals surface area contributed by atoms with Crippen molar-refractivity contribution in [3.05, 3.63) is 369 Å². The first-order chi connectivity index (χ1) is 46.6. The van der Waals surface area contributed by atoms with Gasteiger partial charge in [-0.3, -0.25) is 0 Å². The van der Waals surface area contributed by atoms with E-state index in [1.807, 2.05) is 0 Å². The lowest BCUT2D eigenvalue weighted by molar-refractivity contribution is 0.631. The summed E-state index contributed by atoms with van der Waals surface area (Å²) in [5.41, 5.74) is 29.4. The molecule has 0 saturated carbocycles. The third-order valence-corrected chi connectivity index (χ3v) is 21.7. The highest BCUT2D eigenvalue weighted by atomic mass is 15.2. The number of nitriles is 1. The maximum atomic E-state index is 12.4. The van der Waals surface area contributed by atoms with Crippen molar-refractivity contribution in [1.82, 2.24) is 0 Å². The Morgan fingerprint density at radius 2 is 0.510 bits per heavy atom. The van der Waals surface area contributed by atoms with Crippen LogP contribution >= 0.6 is 0 Å². The van der Waals surface area contributed by atoms with Crippen LogP contribution in [0.15, 0.2) is 297 Å². The normalized spacial score (nSPS) is 17.1. The molecule has 0 N–H and O–H groups in total. The minimum absolute atomic E-state index is 0.203. The van der Waals surface area contributed by atoms with Crippen LogP contribution in [0.3, 0.4) is 0 Å². The monoisotopic (exact) mass is 1240 g/mol. The van der Waals surface area contributed by atoms with Gasteiger partial charge in [-0.2, -0.15) is 5.26 Å². The van der Waals surface area contributed by atoms with Crippen molar-refractivity contribution in [1.29, 1.82) is 5.26 Å². The zero-order chi connectivity index (χ0) is 65.4. The number of rotatable bonds is 8. The summed E-state index contributed by atoms with van der Waals surface area (Å²) in [6, 6.07) is 108. The highest BCUT2D eigenvalue weighted by molar-refractivity contribution is 6.12. The summed E-state index contributed by atoms with van der Waals surface area (Å²) >= 11 is 0. The Bertz CT molecular complexity index is 5030. The van der Waals surface area contributed by atoms with Crippen molar-refractivity contribution < 1.29 is 0 Å². The molecule has 6 heteroatoms. The van der Waals surface area contributed by atoms with E-state index in [2.05, 4.69) is 372 Å². The van der Waals surface area contributed by atoms with Gasteiger partial charge in [0, 0.05) is 44.4 Å².